The molecule has 5 heteroatoms. The Morgan fingerprint density at radius 2 is 2.00 bits per heavy atom. The Balaban J connectivity index is 2.40. The molecule has 0 aliphatic carbocycles. The molecule has 1 saturated heterocycles. The van der Waals surface area contributed by atoms with Crippen LogP contribution in [0.1, 0.15) is 5.56 Å². The van der Waals surface area contributed by atoms with Crippen molar-refractivity contribution in [1.82, 2.24) is 5.06 Å². The lowest BCUT2D eigenvalue weighted by molar-refractivity contribution is -0.569. The Morgan fingerprint density at radius 1 is 1.46 bits per heavy atom. The Morgan fingerprint density at radius 3 is 2.38 bits per heavy atom. The molecular formula is C8H8N2O3. The smallest absolute Gasteiger partial charge is 0.307 e. The summed E-state index contributed by atoms with van der Waals surface area (Å²) in [7, 11) is 0. The highest BCUT2D eigenvalue weighted by Crippen LogP contribution is 2.40. The van der Waals surface area contributed by atoms with Gasteiger partial charge >= 0.3 is 5.66 Å². The zero-order chi connectivity index (χ0) is 9.47. The van der Waals surface area contributed by atoms with Crippen LogP contribution in [-0.2, 0) is 5.66 Å². The average Bonchev–Trinajstić information content (AvgIpc) is 2.80. The van der Waals surface area contributed by atoms with Gasteiger partial charge in [0.05, 0.1) is 4.92 Å². The van der Waals surface area contributed by atoms with Crippen molar-refractivity contribution in [2.45, 2.75) is 5.66 Å². The van der Waals surface area contributed by atoms with Crippen molar-refractivity contribution in [3.8, 4) is 0 Å². The van der Waals surface area contributed by atoms with Crippen LogP contribution in [0.25, 0.3) is 0 Å². The quantitative estimate of drug-likeness (QED) is 0.415. The average molecular weight is 180 g/mol. The lowest BCUT2D eigenvalue weighted by Crippen LogP contribution is -2.25. The predicted octanol–water partition coefficient (Wildman–Crippen LogP) is 0.821. The first-order valence-corrected chi connectivity index (χ1v) is 3.84. The minimum Gasteiger partial charge on any atom is -0.307 e. The van der Waals surface area contributed by atoms with Crippen molar-refractivity contribution in [3.63, 3.8) is 0 Å². The third-order valence-corrected chi connectivity index (χ3v) is 2.23. The van der Waals surface area contributed by atoms with Crippen molar-refractivity contribution >= 4 is 0 Å². The fraction of sp³-hybridized carbons (Fsp3) is 0.250. The fourth-order valence-electron chi connectivity index (χ4n) is 1.38. The zero-order valence-electron chi connectivity index (χ0n) is 6.75. The maximum atomic E-state index is 10.7. The Bertz CT molecular complexity index is 341. The van der Waals surface area contributed by atoms with Crippen LogP contribution in [0, 0.1) is 10.1 Å². The summed E-state index contributed by atoms with van der Waals surface area (Å²) in [5.41, 5.74) is -0.871. The number of nitrogens with zero attached hydrogens (tertiary/aromatic N) is 2. The minimum atomic E-state index is -1.39. The van der Waals surface area contributed by atoms with Gasteiger partial charge in [-0.3, -0.25) is 10.1 Å². The highest BCUT2D eigenvalue weighted by Gasteiger charge is 2.66. The van der Waals surface area contributed by atoms with Crippen LogP contribution in [0.2, 0.25) is 0 Å². The van der Waals surface area contributed by atoms with Gasteiger partial charge in [-0.25, -0.2) is 0 Å². The molecule has 68 valence electrons. The van der Waals surface area contributed by atoms with Crippen molar-refractivity contribution in [1.29, 1.82) is 0 Å². The first-order chi connectivity index (χ1) is 6.18. The van der Waals surface area contributed by atoms with E-state index in [0.29, 0.717) is 5.56 Å². The molecule has 2 rings (SSSR count). The van der Waals surface area contributed by atoms with Crippen LogP contribution in [0.3, 0.4) is 0 Å². The van der Waals surface area contributed by atoms with Gasteiger partial charge in [0.1, 0.15) is 6.54 Å². The second-order valence-corrected chi connectivity index (χ2v) is 3.00. The van der Waals surface area contributed by atoms with E-state index in [1.165, 1.54) is 0 Å². The number of nitro groups is 1. The molecule has 1 aliphatic heterocycles. The summed E-state index contributed by atoms with van der Waals surface area (Å²) < 4.78 is 0. The van der Waals surface area contributed by atoms with E-state index in [1.54, 1.807) is 30.3 Å². The van der Waals surface area contributed by atoms with E-state index < -0.39 is 10.6 Å². The van der Waals surface area contributed by atoms with E-state index in [-0.39, 0.29) is 6.54 Å². The van der Waals surface area contributed by atoms with Gasteiger partial charge < -0.3 is 5.21 Å². The van der Waals surface area contributed by atoms with Crippen molar-refractivity contribution < 1.29 is 10.1 Å². The van der Waals surface area contributed by atoms with Gasteiger partial charge in [0.15, 0.2) is 0 Å². The van der Waals surface area contributed by atoms with E-state index in [2.05, 4.69) is 0 Å². The van der Waals surface area contributed by atoms with Crippen LogP contribution in [-0.4, -0.2) is 21.7 Å². The monoisotopic (exact) mass is 180 g/mol. The largest absolute Gasteiger partial charge is 0.339 e. The molecule has 0 saturated carbocycles. The van der Waals surface area contributed by atoms with Crippen LogP contribution < -0.4 is 0 Å². The number of rotatable bonds is 2. The van der Waals surface area contributed by atoms with Crippen LogP contribution in [0.5, 0.6) is 0 Å². The second-order valence-electron chi connectivity index (χ2n) is 3.00. The third-order valence-electron chi connectivity index (χ3n) is 2.23. The van der Waals surface area contributed by atoms with Gasteiger partial charge in [-0.05, 0) is 0 Å². The summed E-state index contributed by atoms with van der Waals surface area (Å²) in [5, 5.41) is 20.5. The molecule has 0 amide bonds. The number of hydrogen-bond acceptors (Lipinski definition) is 4. The normalized spacial score (nSPS) is 31.3. The SMILES string of the molecule is O=[N+]([O-])C1(c2ccccc2)CN1O. The molecule has 1 aliphatic rings. The van der Waals surface area contributed by atoms with Gasteiger partial charge in [0.25, 0.3) is 0 Å². The molecule has 0 bridgehead atoms. The first kappa shape index (κ1) is 8.15. The maximum Gasteiger partial charge on any atom is 0.339 e. The highest BCUT2D eigenvalue weighted by atomic mass is 16.7. The Hall–Kier alpha value is -1.46. The lowest BCUT2D eigenvalue weighted by Gasteiger charge is -2.05. The molecule has 1 aromatic carbocycles. The molecule has 2 atom stereocenters. The van der Waals surface area contributed by atoms with Crippen molar-refractivity contribution in [2.24, 2.45) is 0 Å². The van der Waals surface area contributed by atoms with E-state index >= 15 is 0 Å². The molecule has 0 aromatic heterocycles. The molecule has 13 heavy (non-hydrogen) atoms. The van der Waals surface area contributed by atoms with Crippen LogP contribution in [0.4, 0.5) is 0 Å². The van der Waals surface area contributed by atoms with Gasteiger partial charge in [-0.1, -0.05) is 30.3 Å². The van der Waals surface area contributed by atoms with Crippen molar-refractivity contribution in [3.05, 3.63) is 46.0 Å². The van der Waals surface area contributed by atoms with E-state index in [9.17, 15) is 10.1 Å². The minimum absolute atomic E-state index is 0.0595. The van der Waals surface area contributed by atoms with Crippen molar-refractivity contribution in [2.75, 3.05) is 6.54 Å². The molecule has 1 fully saturated rings. The summed E-state index contributed by atoms with van der Waals surface area (Å²) in [6.45, 7) is 0.0595. The van der Waals surface area contributed by atoms with Gasteiger partial charge in [0.2, 0.25) is 0 Å². The standard InChI is InChI=1S/C8H8N2O3/c11-9-6-8(9,10(12)13)7-4-2-1-3-5-7/h1-5,11H,6H2. The molecule has 1 heterocycles. The number of hydroxylamine groups is 2. The van der Waals surface area contributed by atoms with Gasteiger partial charge in [0, 0.05) is 5.56 Å². The van der Waals surface area contributed by atoms with Gasteiger partial charge in [-0.2, -0.15) is 0 Å². The van der Waals surface area contributed by atoms with E-state index in [1.807, 2.05) is 0 Å². The van der Waals surface area contributed by atoms with E-state index in [0.717, 1.165) is 5.06 Å². The summed E-state index contributed by atoms with van der Waals surface area (Å²) in [6.07, 6.45) is 0. The predicted molar refractivity (Wildman–Crippen MR) is 43.6 cm³/mol. The molecule has 2 unspecified atom stereocenters. The molecule has 1 N–H and O–H groups in total. The third kappa shape index (κ3) is 1.01. The van der Waals surface area contributed by atoms with Gasteiger partial charge in [-0.15, -0.1) is 5.06 Å². The number of hydrogen-bond donors (Lipinski definition) is 1. The lowest BCUT2D eigenvalue weighted by atomic mass is 10.1. The topological polar surface area (TPSA) is 66.4 Å². The van der Waals surface area contributed by atoms with E-state index in [4.69, 9.17) is 5.21 Å². The zero-order valence-corrected chi connectivity index (χ0v) is 6.75. The molecule has 1 aromatic rings. The summed E-state index contributed by atoms with van der Waals surface area (Å²) in [6, 6.07) is 8.48. The Labute approximate surface area is 74.3 Å². The highest BCUT2D eigenvalue weighted by molar-refractivity contribution is 5.26. The fourth-order valence-corrected chi connectivity index (χ4v) is 1.38. The second kappa shape index (κ2) is 2.51. The summed E-state index contributed by atoms with van der Waals surface area (Å²) >= 11 is 0. The summed E-state index contributed by atoms with van der Waals surface area (Å²) in [5.74, 6) is 0. The number of benzene rings is 1. The summed E-state index contributed by atoms with van der Waals surface area (Å²) in [4.78, 5) is 10.2. The molecule has 5 nitrogen and oxygen atoms in total. The molecule has 0 radical (unpaired) electrons. The van der Waals surface area contributed by atoms with Crippen LogP contribution >= 0.6 is 0 Å². The Kier molecular flexibility index (Phi) is 1.58. The molecule has 0 spiro atoms. The van der Waals surface area contributed by atoms with Crippen LogP contribution in [0.15, 0.2) is 30.3 Å². The maximum absolute atomic E-state index is 10.7. The molecular weight excluding hydrogens is 172 g/mol. The first-order valence-electron chi connectivity index (χ1n) is 3.84.